The summed E-state index contributed by atoms with van der Waals surface area (Å²) >= 11 is 2.05. The third-order valence-corrected chi connectivity index (χ3v) is 4.71. The molecular weight excluding hydrogens is 192 g/mol. The average Bonchev–Trinajstić information content (AvgIpc) is 2.67. The minimum absolute atomic E-state index is 0.786. The van der Waals surface area contributed by atoms with Crippen LogP contribution in [0.2, 0.25) is 0 Å². The molecular formula is C11H22N2S. The fourth-order valence-corrected chi connectivity index (χ4v) is 3.64. The van der Waals surface area contributed by atoms with Gasteiger partial charge in [0, 0.05) is 17.3 Å². The van der Waals surface area contributed by atoms with E-state index >= 15 is 0 Å². The molecule has 0 bridgehead atoms. The van der Waals surface area contributed by atoms with Crippen LogP contribution >= 0.6 is 11.8 Å². The van der Waals surface area contributed by atoms with E-state index in [0.717, 1.165) is 17.3 Å². The van der Waals surface area contributed by atoms with Crippen LogP contribution in [0, 0.1) is 0 Å². The largest absolute Gasteiger partial charge is 0.317 e. The van der Waals surface area contributed by atoms with E-state index in [2.05, 4.69) is 28.7 Å². The fourth-order valence-electron chi connectivity index (χ4n) is 2.69. The molecule has 0 amide bonds. The Morgan fingerprint density at radius 2 is 1.93 bits per heavy atom. The van der Waals surface area contributed by atoms with Gasteiger partial charge in [-0.15, -0.1) is 0 Å². The summed E-state index contributed by atoms with van der Waals surface area (Å²) in [6.45, 7) is 2.41. The molecule has 2 nitrogen and oxygen atoms in total. The predicted octanol–water partition coefficient (Wildman–Crippen LogP) is 1.61. The quantitative estimate of drug-likeness (QED) is 0.746. The van der Waals surface area contributed by atoms with E-state index in [9.17, 15) is 0 Å². The van der Waals surface area contributed by atoms with Crippen molar-refractivity contribution >= 4 is 11.8 Å². The van der Waals surface area contributed by atoms with E-state index in [-0.39, 0.29) is 0 Å². The molecule has 0 aromatic rings. The summed E-state index contributed by atoms with van der Waals surface area (Å²) in [7, 11) is 0. The summed E-state index contributed by atoms with van der Waals surface area (Å²) in [6.07, 6.45) is 9.13. The molecule has 2 fully saturated rings. The number of hydrogen-bond acceptors (Lipinski definition) is 3. The van der Waals surface area contributed by atoms with Crippen molar-refractivity contribution in [2.75, 3.05) is 19.3 Å². The van der Waals surface area contributed by atoms with Crippen molar-refractivity contribution in [3.8, 4) is 0 Å². The smallest absolute Gasteiger partial charge is 0.0198 e. The van der Waals surface area contributed by atoms with Gasteiger partial charge in [-0.3, -0.25) is 0 Å². The standard InChI is InChI=1S/C11H22N2S/c1-14-11-4-2-3-10(11)13-9-5-7-12-8-6-9/h9-13H,2-8H2,1H3. The first-order chi connectivity index (χ1) is 6.90. The van der Waals surface area contributed by atoms with E-state index in [0.29, 0.717) is 0 Å². The van der Waals surface area contributed by atoms with Gasteiger partial charge in [0.05, 0.1) is 0 Å². The zero-order chi connectivity index (χ0) is 9.80. The Bertz CT molecular complexity index is 169. The lowest BCUT2D eigenvalue weighted by Crippen LogP contribution is -2.46. The van der Waals surface area contributed by atoms with Crippen molar-refractivity contribution in [2.45, 2.75) is 49.4 Å². The SMILES string of the molecule is CSC1CCCC1NC1CCNCC1. The van der Waals surface area contributed by atoms with Crippen LogP contribution in [0.5, 0.6) is 0 Å². The molecule has 3 heteroatoms. The maximum atomic E-state index is 3.86. The molecule has 82 valence electrons. The third-order valence-electron chi connectivity index (χ3n) is 3.54. The van der Waals surface area contributed by atoms with Gasteiger partial charge >= 0.3 is 0 Å². The summed E-state index contributed by atoms with van der Waals surface area (Å²) in [5.41, 5.74) is 0. The van der Waals surface area contributed by atoms with E-state index < -0.39 is 0 Å². The second-order valence-electron chi connectivity index (χ2n) is 4.50. The van der Waals surface area contributed by atoms with Crippen molar-refractivity contribution < 1.29 is 0 Å². The number of nitrogens with one attached hydrogen (secondary N) is 2. The van der Waals surface area contributed by atoms with Gasteiger partial charge < -0.3 is 10.6 Å². The van der Waals surface area contributed by atoms with Crippen LogP contribution < -0.4 is 10.6 Å². The van der Waals surface area contributed by atoms with Crippen LogP contribution in [0.25, 0.3) is 0 Å². The molecule has 2 aliphatic rings. The van der Waals surface area contributed by atoms with Gasteiger partial charge in [-0.1, -0.05) is 6.42 Å². The first kappa shape index (κ1) is 10.8. The van der Waals surface area contributed by atoms with Gasteiger partial charge in [0.15, 0.2) is 0 Å². The maximum Gasteiger partial charge on any atom is 0.0198 e. The van der Waals surface area contributed by atoms with Crippen LogP contribution in [-0.2, 0) is 0 Å². The highest BCUT2D eigenvalue weighted by Gasteiger charge is 2.28. The van der Waals surface area contributed by atoms with Crippen LogP contribution in [0.15, 0.2) is 0 Å². The second-order valence-corrected chi connectivity index (χ2v) is 5.58. The zero-order valence-electron chi connectivity index (χ0n) is 9.09. The maximum absolute atomic E-state index is 3.86. The van der Waals surface area contributed by atoms with Gasteiger partial charge in [-0.05, 0) is 45.0 Å². The van der Waals surface area contributed by atoms with Crippen molar-refractivity contribution in [3.05, 3.63) is 0 Å². The normalized spacial score (nSPS) is 34.9. The molecule has 0 spiro atoms. The van der Waals surface area contributed by atoms with E-state index in [4.69, 9.17) is 0 Å². The lowest BCUT2D eigenvalue weighted by atomic mass is 10.1. The Hall–Kier alpha value is 0.270. The number of rotatable bonds is 3. The molecule has 14 heavy (non-hydrogen) atoms. The molecule has 1 heterocycles. The fraction of sp³-hybridized carbons (Fsp3) is 1.00. The molecule has 2 rings (SSSR count). The molecule has 0 aromatic heterocycles. The van der Waals surface area contributed by atoms with Crippen molar-refractivity contribution in [2.24, 2.45) is 0 Å². The second kappa shape index (κ2) is 5.38. The Labute approximate surface area is 91.6 Å². The first-order valence-electron chi connectivity index (χ1n) is 5.89. The summed E-state index contributed by atoms with van der Waals surface area (Å²) in [4.78, 5) is 0. The lowest BCUT2D eigenvalue weighted by molar-refractivity contribution is 0.351. The van der Waals surface area contributed by atoms with Crippen LogP contribution in [0.4, 0.5) is 0 Å². The van der Waals surface area contributed by atoms with Gasteiger partial charge in [0.25, 0.3) is 0 Å². The summed E-state index contributed by atoms with van der Waals surface area (Å²) in [6, 6.07) is 1.59. The molecule has 2 atom stereocenters. The Kier molecular flexibility index (Phi) is 4.14. The van der Waals surface area contributed by atoms with Crippen LogP contribution in [-0.4, -0.2) is 36.7 Å². The molecule has 1 saturated heterocycles. The number of thioether (sulfide) groups is 1. The van der Waals surface area contributed by atoms with Gasteiger partial charge in [0.2, 0.25) is 0 Å². The summed E-state index contributed by atoms with van der Waals surface area (Å²) in [5.74, 6) is 0. The van der Waals surface area contributed by atoms with Crippen molar-refractivity contribution in [1.29, 1.82) is 0 Å². The van der Waals surface area contributed by atoms with Crippen molar-refractivity contribution in [3.63, 3.8) is 0 Å². The topological polar surface area (TPSA) is 24.1 Å². The first-order valence-corrected chi connectivity index (χ1v) is 7.18. The molecule has 1 aliphatic heterocycles. The lowest BCUT2D eigenvalue weighted by Gasteiger charge is -2.29. The van der Waals surface area contributed by atoms with Gasteiger partial charge in [0.1, 0.15) is 0 Å². The molecule has 0 aromatic carbocycles. The minimum Gasteiger partial charge on any atom is -0.317 e. The summed E-state index contributed by atoms with van der Waals surface area (Å²) in [5, 5.41) is 8.16. The molecule has 2 unspecified atom stereocenters. The highest BCUT2D eigenvalue weighted by atomic mass is 32.2. The van der Waals surface area contributed by atoms with Crippen LogP contribution in [0.1, 0.15) is 32.1 Å². The van der Waals surface area contributed by atoms with E-state index in [1.807, 2.05) is 0 Å². The highest BCUT2D eigenvalue weighted by molar-refractivity contribution is 7.99. The zero-order valence-corrected chi connectivity index (χ0v) is 9.91. The number of piperidine rings is 1. The van der Waals surface area contributed by atoms with Crippen LogP contribution in [0.3, 0.4) is 0 Å². The average molecular weight is 214 g/mol. The molecule has 1 aliphatic carbocycles. The molecule has 1 saturated carbocycles. The Morgan fingerprint density at radius 3 is 2.64 bits per heavy atom. The van der Waals surface area contributed by atoms with Gasteiger partial charge in [-0.25, -0.2) is 0 Å². The molecule has 0 radical (unpaired) electrons. The van der Waals surface area contributed by atoms with Crippen molar-refractivity contribution in [1.82, 2.24) is 10.6 Å². The third kappa shape index (κ3) is 2.65. The minimum atomic E-state index is 0.786. The number of hydrogen-bond donors (Lipinski definition) is 2. The monoisotopic (exact) mass is 214 g/mol. The van der Waals surface area contributed by atoms with E-state index in [1.54, 1.807) is 0 Å². The highest BCUT2D eigenvalue weighted by Crippen LogP contribution is 2.29. The molecule has 2 N–H and O–H groups in total. The Morgan fingerprint density at radius 1 is 1.14 bits per heavy atom. The van der Waals surface area contributed by atoms with Gasteiger partial charge in [-0.2, -0.15) is 11.8 Å². The predicted molar refractivity (Wildman–Crippen MR) is 64.0 cm³/mol. The summed E-state index contributed by atoms with van der Waals surface area (Å²) < 4.78 is 0. The van der Waals surface area contributed by atoms with E-state index in [1.165, 1.54) is 45.2 Å². The Balaban J connectivity index is 1.77.